The van der Waals surface area contributed by atoms with Crippen LogP contribution in [-0.2, 0) is 19.9 Å². The van der Waals surface area contributed by atoms with Crippen molar-refractivity contribution < 1.29 is 4.42 Å². The quantitative estimate of drug-likeness (QED) is 0.381. The van der Waals surface area contributed by atoms with Crippen molar-refractivity contribution in [3.8, 4) is 0 Å². The van der Waals surface area contributed by atoms with Crippen molar-refractivity contribution in [2.45, 2.75) is 65.2 Å². The highest BCUT2D eigenvalue weighted by Crippen LogP contribution is 2.23. The van der Waals surface area contributed by atoms with Crippen LogP contribution in [0.3, 0.4) is 0 Å². The molecule has 160 valence electrons. The molecule has 1 aliphatic rings. The van der Waals surface area contributed by atoms with Gasteiger partial charge in [-0.05, 0) is 63.1 Å². The molecule has 6 nitrogen and oxygen atoms in total. The van der Waals surface area contributed by atoms with E-state index in [2.05, 4.69) is 29.6 Å². The number of aliphatic imine (C=N–C) groups is 1. The number of nitrogens with one attached hydrogen (secondary N) is 2. The predicted molar refractivity (Wildman–Crippen MR) is 118 cm³/mol. The van der Waals surface area contributed by atoms with E-state index < -0.39 is 0 Å². The molecule has 2 aromatic heterocycles. The van der Waals surface area contributed by atoms with Crippen LogP contribution >= 0.6 is 0 Å². The topological polar surface area (TPSA) is 67.4 Å². The maximum absolute atomic E-state index is 5.43. The number of rotatable bonds is 9. The molecule has 0 unspecified atom stereocenters. The van der Waals surface area contributed by atoms with Gasteiger partial charge in [-0.25, -0.2) is 0 Å². The molecule has 6 heteroatoms. The zero-order chi connectivity index (χ0) is 20.5. The molecule has 0 bridgehead atoms. The van der Waals surface area contributed by atoms with Crippen molar-refractivity contribution in [2.75, 3.05) is 19.6 Å². The van der Waals surface area contributed by atoms with Gasteiger partial charge in [-0.3, -0.25) is 9.67 Å². The highest BCUT2D eigenvalue weighted by molar-refractivity contribution is 5.79. The number of aromatic nitrogens is 2. The largest absolute Gasteiger partial charge is 0.469 e. The summed E-state index contributed by atoms with van der Waals surface area (Å²) in [6, 6.07) is 3.96. The molecular formula is C23H37N5O. The average molecular weight is 400 g/mol. The number of nitrogens with zero attached hydrogens (tertiary/aromatic N) is 3. The molecule has 2 aromatic rings. The van der Waals surface area contributed by atoms with Crippen molar-refractivity contribution in [2.24, 2.45) is 18.0 Å². The summed E-state index contributed by atoms with van der Waals surface area (Å²) in [5.74, 6) is 2.68. The highest BCUT2D eigenvalue weighted by atomic mass is 16.3. The van der Waals surface area contributed by atoms with E-state index in [1.165, 1.54) is 43.4 Å². The molecule has 0 aliphatic heterocycles. The molecule has 0 saturated heterocycles. The Labute approximate surface area is 175 Å². The van der Waals surface area contributed by atoms with Crippen molar-refractivity contribution in [1.29, 1.82) is 0 Å². The van der Waals surface area contributed by atoms with Gasteiger partial charge in [0.2, 0.25) is 0 Å². The van der Waals surface area contributed by atoms with E-state index in [0.29, 0.717) is 0 Å². The summed E-state index contributed by atoms with van der Waals surface area (Å²) in [5.41, 5.74) is 3.79. The number of aryl methyl sites for hydroxylation is 2. The molecule has 0 spiro atoms. The predicted octanol–water partition coefficient (Wildman–Crippen LogP) is 3.92. The Morgan fingerprint density at radius 1 is 1.17 bits per heavy atom. The zero-order valence-corrected chi connectivity index (χ0v) is 18.3. The monoisotopic (exact) mass is 399 g/mol. The van der Waals surface area contributed by atoms with Crippen LogP contribution in [0, 0.1) is 19.8 Å². The Morgan fingerprint density at radius 3 is 2.66 bits per heavy atom. The van der Waals surface area contributed by atoms with Gasteiger partial charge >= 0.3 is 0 Å². The van der Waals surface area contributed by atoms with Gasteiger partial charge in [-0.15, -0.1) is 0 Å². The van der Waals surface area contributed by atoms with Crippen molar-refractivity contribution in [1.82, 2.24) is 20.4 Å². The second-order valence-corrected chi connectivity index (χ2v) is 8.25. The molecule has 1 saturated carbocycles. The third kappa shape index (κ3) is 6.65. The summed E-state index contributed by atoms with van der Waals surface area (Å²) in [4.78, 5) is 4.90. The van der Waals surface area contributed by atoms with E-state index >= 15 is 0 Å². The van der Waals surface area contributed by atoms with E-state index in [0.717, 1.165) is 62.2 Å². The highest BCUT2D eigenvalue weighted by Gasteiger charge is 2.13. The van der Waals surface area contributed by atoms with Crippen LogP contribution in [0.25, 0.3) is 0 Å². The first kappa shape index (κ1) is 21.5. The molecule has 29 heavy (non-hydrogen) atoms. The fourth-order valence-corrected chi connectivity index (χ4v) is 4.17. The third-order valence-corrected chi connectivity index (χ3v) is 6.03. The SMILES string of the molecule is Cc1nn(C)c(C)c1CCCNC(=NCC1CCCCC1)NCCc1ccco1. The minimum atomic E-state index is 0.744. The Balaban J connectivity index is 1.47. The number of furan rings is 1. The fourth-order valence-electron chi connectivity index (χ4n) is 4.17. The summed E-state index contributed by atoms with van der Waals surface area (Å²) < 4.78 is 7.41. The van der Waals surface area contributed by atoms with Crippen LogP contribution in [0.2, 0.25) is 0 Å². The first-order chi connectivity index (χ1) is 14.1. The lowest BCUT2D eigenvalue weighted by atomic mass is 9.89. The summed E-state index contributed by atoms with van der Waals surface area (Å²) >= 11 is 0. The molecule has 0 aromatic carbocycles. The minimum absolute atomic E-state index is 0.744. The van der Waals surface area contributed by atoms with Crippen LogP contribution in [0.5, 0.6) is 0 Å². The maximum Gasteiger partial charge on any atom is 0.191 e. The minimum Gasteiger partial charge on any atom is -0.469 e. The Hall–Kier alpha value is -2.24. The van der Waals surface area contributed by atoms with Gasteiger partial charge in [0.05, 0.1) is 12.0 Å². The van der Waals surface area contributed by atoms with Crippen LogP contribution < -0.4 is 10.6 Å². The molecule has 0 atom stereocenters. The van der Waals surface area contributed by atoms with Crippen LogP contribution in [0.15, 0.2) is 27.8 Å². The van der Waals surface area contributed by atoms with E-state index in [9.17, 15) is 0 Å². The number of hydrogen-bond donors (Lipinski definition) is 2. The van der Waals surface area contributed by atoms with Gasteiger partial charge < -0.3 is 15.1 Å². The third-order valence-electron chi connectivity index (χ3n) is 6.03. The summed E-state index contributed by atoms with van der Waals surface area (Å²) in [6.07, 6.45) is 11.5. The molecule has 0 radical (unpaired) electrons. The molecule has 1 fully saturated rings. The standard InChI is InChI=1S/C23H37N5O/c1-18-22(19(2)28(3)27-18)12-7-14-24-23(25-15-13-21-11-8-16-29-21)26-17-20-9-5-4-6-10-20/h8,11,16,20H,4-7,9-10,12-15,17H2,1-3H3,(H2,24,25,26). The van der Waals surface area contributed by atoms with Gasteiger partial charge in [-0.2, -0.15) is 5.10 Å². The number of hydrogen-bond acceptors (Lipinski definition) is 3. The zero-order valence-electron chi connectivity index (χ0n) is 18.3. The molecular weight excluding hydrogens is 362 g/mol. The van der Waals surface area contributed by atoms with E-state index in [4.69, 9.17) is 9.41 Å². The van der Waals surface area contributed by atoms with Crippen LogP contribution in [0.4, 0.5) is 0 Å². The maximum atomic E-state index is 5.43. The summed E-state index contributed by atoms with van der Waals surface area (Å²) in [6.45, 7) is 6.91. The normalized spacial score (nSPS) is 15.6. The smallest absolute Gasteiger partial charge is 0.191 e. The van der Waals surface area contributed by atoms with Gasteiger partial charge in [0, 0.05) is 38.8 Å². The molecule has 2 N–H and O–H groups in total. The molecule has 3 rings (SSSR count). The average Bonchev–Trinajstić information content (AvgIpc) is 3.32. The lowest BCUT2D eigenvalue weighted by Gasteiger charge is -2.20. The lowest BCUT2D eigenvalue weighted by Crippen LogP contribution is -2.39. The Bertz CT molecular complexity index is 757. The van der Waals surface area contributed by atoms with Gasteiger partial charge in [-0.1, -0.05) is 19.3 Å². The van der Waals surface area contributed by atoms with E-state index in [-0.39, 0.29) is 0 Å². The molecule has 0 amide bonds. The van der Waals surface area contributed by atoms with Gasteiger partial charge in [0.15, 0.2) is 5.96 Å². The van der Waals surface area contributed by atoms with Crippen molar-refractivity contribution in [3.63, 3.8) is 0 Å². The van der Waals surface area contributed by atoms with Crippen LogP contribution in [0.1, 0.15) is 61.2 Å². The molecule has 1 aliphatic carbocycles. The molecule has 2 heterocycles. The van der Waals surface area contributed by atoms with E-state index in [1.807, 2.05) is 23.9 Å². The first-order valence-corrected chi connectivity index (χ1v) is 11.2. The van der Waals surface area contributed by atoms with Gasteiger partial charge in [0.1, 0.15) is 5.76 Å². The van der Waals surface area contributed by atoms with Crippen LogP contribution in [-0.4, -0.2) is 35.4 Å². The Kier molecular flexibility index (Phi) is 8.20. The van der Waals surface area contributed by atoms with Crippen molar-refractivity contribution >= 4 is 5.96 Å². The second kappa shape index (κ2) is 11.1. The second-order valence-electron chi connectivity index (χ2n) is 8.25. The summed E-state index contributed by atoms with van der Waals surface area (Å²) in [7, 11) is 2.02. The Morgan fingerprint density at radius 2 is 1.97 bits per heavy atom. The van der Waals surface area contributed by atoms with Gasteiger partial charge in [0.25, 0.3) is 0 Å². The summed E-state index contributed by atoms with van der Waals surface area (Å²) in [5, 5.41) is 11.5. The van der Waals surface area contributed by atoms with E-state index in [1.54, 1.807) is 6.26 Å². The number of guanidine groups is 1. The van der Waals surface area contributed by atoms with Crippen molar-refractivity contribution in [3.05, 3.63) is 41.1 Å². The fraction of sp³-hybridized carbons (Fsp3) is 0.652. The lowest BCUT2D eigenvalue weighted by molar-refractivity contribution is 0.366. The first-order valence-electron chi connectivity index (χ1n) is 11.2.